The first kappa shape index (κ1) is 55.2. The Kier molecular flexibility index (Phi) is 21.2. The van der Waals surface area contributed by atoms with Crippen molar-refractivity contribution in [3.05, 3.63) is 77.9 Å². The molecule has 2 heterocycles. The van der Waals surface area contributed by atoms with E-state index in [0.29, 0.717) is 32.5 Å². The Bertz CT molecular complexity index is 1810. The van der Waals surface area contributed by atoms with Gasteiger partial charge in [-0.25, -0.2) is 4.79 Å². The van der Waals surface area contributed by atoms with Gasteiger partial charge in [-0.3, -0.25) is 4.79 Å². The Morgan fingerprint density at radius 2 is 1.58 bits per heavy atom. The number of rotatable bonds is 21. The summed E-state index contributed by atoms with van der Waals surface area (Å²) in [6.07, 6.45) is 17.5. The third-order valence-corrected chi connectivity index (χ3v) is 21.6. The molecule has 3 rings (SSSR count). The lowest BCUT2D eigenvalue weighted by Gasteiger charge is -2.40. The Hall–Kier alpha value is -3.09. The molecule has 0 saturated heterocycles. The maximum Gasteiger partial charge on any atom is 0.384 e. The van der Waals surface area contributed by atoms with Crippen LogP contribution in [0.3, 0.4) is 0 Å². The fourth-order valence-corrected chi connectivity index (χ4v) is 9.47. The van der Waals surface area contributed by atoms with E-state index < -0.39 is 28.2 Å². The highest BCUT2D eigenvalue weighted by atomic mass is 28.4. The van der Waals surface area contributed by atoms with Gasteiger partial charge < -0.3 is 32.5 Å². The largest absolute Gasteiger partial charge is 0.497 e. The molecule has 9 nitrogen and oxygen atoms in total. The van der Waals surface area contributed by atoms with Crippen LogP contribution in [0.15, 0.2) is 72.4 Å². The normalized spacial score (nSPS) is 20.9. The summed E-state index contributed by atoms with van der Waals surface area (Å²) in [6.45, 7) is 33.2. The minimum Gasteiger partial charge on any atom is -0.497 e. The van der Waals surface area contributed by atoms with Crippen LogP contribution in [-0.4, -0.2) is 84.3 Å². The second-order valence-corrected chi connectivity index (χ2v) is 31.4. The molecule has 0 fully saturated rings. The highest BCUT2D eigenvalue weighted by molar-refractivity contribution is 6.74. The van der Waals surface area contributed by atoms with Crippen LogP contribution in [-0.2, 0) is 44.0 Å². The number of esters is 1. The third kappa shape index (κ3) is 19.8. The number of carbonyl (C=O) groups is 2. The number of ether oxygens (including phenoxy) is 5. The first-order valence-corrected chi connectivity index (χ1v) is 29.3. The molecule has 0 saturated carbocycles. The number of benzene rings is 1. The Morgan fingerprint density at radius 3 is 2.19 bits per heavy atom. The van der Waals surface area contributed by atoms with Gasteiger partial charge in [0.15, 0.2) is 16.6 Å². The molecular weight excluding hydrogens is 837 g/mol. The molecule has 0 aliphatic carbocycles. The van der Waals surface area contributed by atoms with Crippen molar-refractivity contribution in [3.8, 4) is 17.6 Å². The molecule has 0 radical (unpaired) electrons. The van der Waals surface area contributed by atoms with E-state index in [1.807, 2.05) is 51.1 Å². The molecule has 0 unspecified atom stereocenters. The summed E-state index contributed by atoms with van der Waals surface area (Å²) in [4.78, 5) is 26.0. The molecule has 2 aliphatic heterocycles. The van der Waals surface area contributed by atoms with Crippen LogP contribution < -0.4 is 4.74 Å². The minimum atomic E-state index is -2.27. The van der Waals surface area contributed by atoms with Crippen LogP contribution in [0.25, 0.3) is 0 Å². The lowest BCUT2D eigenvalue weighted by Crippen LogP contribution is -2.47. The molecule has 1 aromatic rings. The van der Waals surface area contributed by atoms with Crippen molar-refractivity contribution in [2.45, 2.75) is 206 Å². The van der Waals surface area contributed by atoms with Crippen LogP contribution in [0.1, 0.15) is 127 Å². The maximum atomic E-state index is 13.9. The zero-order chi connectivity index (χ0) is 47.9. The van der Waals surface area contributed by atoms with Crippen LogP contribution in [0, 0.1) is 17.8 Å². The summed E-state index contributed by atoms with van der Waals surface area (Å²) >= 11 is 0. The van der Waals surface area contributed by atoms with Gasteiger partial charge in [-0.2, -0.15) is 0 Å². The third-order valence-electron chi connectivity index (χ3n) is 12.7. The first-order chi connectivity index (χ1) is 29.7. The van der Waals surface area contributed by atoms with E-state index in [-0.39, 0.29) is 64.8 Å². The summed E-state index contributed by atoms with van der Waals surface area (Å²) < 4.78 is 44.2. The maximum absolute atomic E-state index is 13.9. The van der Waals surface area contributed by atoms with Crippen molar-refractivity contribution in [3.63, 3.8) is 0 Å². The van der Waals surface area contributed by atoms with Crippen LogP contribution in [0.4, 0.5) is 0 Å². The van der Waals surface area contributed by atoms with Crippen molar-refractivity contribution >= 4 is 28.4 Å². The van der Waals surface area contributed by atoms with Crippen LogP contribution in [0.2, 0.25) is 36.3 Å². The van der Waals surface area contributed by atoms with E-state index in [2.05, 4.69) is 130 Å². The predicted octanol–water partition coefficient (Wildman–Crippen LogP) is 12.4. The van der Waals surface area contributed by atoms with Crippen molar-refractivity contribution in [2.24, 2.45) is 5.92 Å². The van der Waals surface area contributed by atoms with E-state index in [1.165, 1.54) is 5.57 Å². The quantitative estimate of drug-likeness (QED) is 0.0392. The second-order valence-electron chi connectivity index (χ2n) is 21.9. The molecule has 0 bridgehead atoms. The lowest BCUT2D eigenvalue weighted by atomic mass is 9.93. The second kappa shape index (κ2) is 24.6. The van der Waals surface area contributed by atoms with Crippen LogP contribution in [0.5, 0.6) is 5.75 Å². The van der Waals surface area contributed by atoms with Gasteiger partial charge in [0, 0.05) is 25.2 Å². The zero-order valence-corrected chi connectivity index (χ0v) is 44.4. The van der Waals surface area contributed by atoms with Gasteiger partial charge in [0.1, 0.15) is 17.1 Å². The van der Waals surface area contributed by atoms with E-state index >= 15 is 0 Å². The molecule has 7 atom stereocenters. The molecular formula is C53H84O9Si2. The predicted molar refractivity (Wildman–Crippen MR) is 265 cm³/mol. The molecule has 0 amide bonds. The number of methoxy groups -OCH3 is 1. The SMILES string of the molecule is COc1ccc(CO[C@@H](C/C=C/[C@H](CC(=O)C[C@H](C)C[C@@H]2CC=C[C@@H](CC#CC(=O)OC(C)(C)C)O2)O[Si](C)(C)C(C)(C)C)[C@H](/C=C/[C@@H]2CC(C)=CCO2)O[Si](C)(C)C(C)(C)C)cc1. The fraction of sp³-hybridized carbons (Fsp3) is 0.660. The monoisotopic (exact) mass is 921 g/mol. The summed E-state index contributed by atoms with van der Waals surface area (Å²) in [7, 11) is -2.86. The van der Waals surface area contributed by atoms with Crippen LogP contribution >= 0.6 is 0 Å². The number of carbonyl (C=O) groups excluding carboxylic acids is 2. The van der Waals surface area contributed by atoms with Gasteiger partial charge in [0.05, 0.1) is 56.9 Å². The summed E-state index contributed by atoms with van der Waals surface area (Å²) in [5, 5.41) is -0.0596. The number of hydrogen-bond acceptors (Lipinski definition) is 9. The average molecular weight is 921 g/mol. The lowest BCUT2D eigenvalue weighted by molar-refractivity contribution is -0.147. The molecule has 2 aliphatic rings. The number of Topliss-reactive ketones (excluding diaryl/α,β-unsaturated/α-hetero) is 1. The van der Waals surface area contributed by atoms with E-state index in [1.54, 1.807) is 7.11 Å². The van der Waals surface area contributed by atoms with Gasteiger partial charge in [-0.15, -0.1) is 0 Å². The molecule has 64 heavy (non-hydrogen) atoms. The highest BCUT2D eigenvalue weighted by Gasteiger charge is 2.41. The van der Waals surface area contributed by atoms with Gasteiger partial charge >= 0.3 is 5.97 Å². The Morgan fingerprint density at radius 1 is 0.922 bits per heavy atom. The minimum absolute atomic E-state index is 0.0187. The molecule has 358 valence electrons. The van der Waals surface area contributed by atoms with E-state index in [9.17, 15) is 9.59 Å². The smallest absolute Gasteiger partial charge is 0.384 e. The first-order valence-electron chi connectivity index (χ1n) is 23.4. The van der Waals surface area contributed by atoms with Crippen molar-refractivity contribution in [1.82, 2.24) is 0 Å². The van der Waals surface area contributed by atoms with E-state index in [0.717, 1.165) is 30.6 Å². The average Bonchev–Trinajstić information content (AvgIpc) is 3.16. The van der Waals surface area contributed by atoms with Gasteiger partial charge in [-0.1, -0.05) is 115 Å². The molecule has 0 N–H and O–H groups in total. The van der Waals surface area contributed by atoms with Crippen molar-refractivity contribution in [2.75, 3.05) is 13.7 Å². The van der Waals surface area contributed by atoms with Crippen molar-refractivity contribution in [1.29, 1.82) is 0 Å². The van der Waals surface area contributed by atoms with Crippen molar-refractivity contribution < 1.29 is 42.1 Å². The topological polar surface area (TPSA) is 98.8 Å². The number of ketones is 1. The molecule has 0 aromatic heterocycles. The number of hydrogen-bond donors (Lipinski definition) is 0. The summed E-state index contributed by atoms with van der Waals surface area (Å²) in [5.41, 5.74) is 1.78. The highest BCUT2D eigenvalue weighted by Crippen LogP contribution is 2.40. The molecule has 1 aromatic carbocycles. The molecule has 0 spiro atoms. The van der Waals surface area contributed by atoms with Gasteiger partial charge in [-0.05, 0) is 113 Å². The van der Waals surface area contributed by atoms with Gasteiger partial charge in [0.25, 0.3) is 0 Å². The Balaban J connectivity index is 1.83. The van der Waals surface area contributed by atoms with Gasteiger partial charge in [0.2, 0.25) is 0 Å². The summed E-state index contributed by atoms with van der Waals surface area (Å²) in [5.74, 6) is 6.03. The zero-order valence-electron chi connectivity index (χ0n) is 42.4. The molecule has 11 heteroatoms. The fourth-order valence-electron chi connectivity index (χ4n) is 6.93. The Labute approximate surface area is 390 Å². The van der Waals surface area contributed by atoms with E-state index in [4.69, 9.17) is 32.5 Å². The standard InChI is InChI=1S/C53H84O9Si2/c1-39-32-33-57-45(35-39)30-31-49(62-64(15,16)53(9,10)11)48(58-38-41-26-28-43(56-12)29-27-41)24-18-23-47(61-63(13,14)52(6,7)8)37-42(54)34-40(2)36-46-22-17-20-44(59-46)21-19-25-50(55)60-51(3,4)5/h17-18,20,23,26-32,40,44-49H,21-22,24,33-38H2,1-16H3/b23-18+,31-30+/t40-,44-,45+,46-,47+,48-,49-/m0/s1. The summed E-state index contributed by atoms with van der Waals surface area (Å²) in [6, 6.07) is 7.98.